The number of ether oxygens (including phenoxy) is 1. The molecule has 1 aromatic rings. The van der Waals surface area contributed by atoms with Gasteiger partial charge in [0.15, 0.2) is 0 Å². The zero-order chi connectivity index (χ0) is 12.3. The molecule has 0 aliphatic rings. The van der Waals surface area contributed by atoms with Crippen molar-refractivity contribution in [2.75, 3.05) is 13.2 Å². The van der Waals surface area contributed by atoms with E-state index in [1.165, 1.54) is 24.8 Å². The van der Waals surface area contributed by atoms with E-state index in [9.17, 15) is 0 Å². The Morgan fingerprint density at radius 2 is 1.59 bits per heavy atom. The van der Waals surface area contributed by atoms with E-state index >= 15 is 0 Å². The molecule has 1 aromatic carbocycles. The van der Waals surface area contributed by atoms with E-state index < -0.39 is 0 Å². The minimum atomic E-state index is 0.341. The Hall–Kier alpha value is -1.02. The highest BCUT2D eigenvalue weighted by Crippen LogP contribution is 2.11. The standard InChI is InChI=1S/C15H24O2/c1-2-3-5-12-17-13-6-4-7-14-8-10-15(16)11-9-14/h8-11,16H,2-7,12-13H2,1H3. The number of phenols is 1. The maximum absolute atomic E-state index is 9.15. The molecule has 0 aromatic heterocycles. The second-order valence-electron chi connectivity index (χ2n) is 4.44. The zero-order valence-electron chi connectivity index (χ0n) is 10.8. The molecule has 0 radical (unpaired) electrons. The molecular formula is C15H24O2. The van der Waals surface area contributed by atoms with Crippen molar-refractivity contribution in [2.45, 2.75) is 45.4 Å². The molecule has 0 fully saturated rings. The Bertz CT molecular complexity index is 279. The van der Waals surface area contributed by atoms with E-state index in [2.05, 4.69) is 6.92 Å². The van der Waals surface area contributed by atoms with Gasteiger partial charge in [0, 0.05) is 13.2 Å². The van der Waals surface area contributed by atoms with Crippen LogP contribution in [0, 0.1) is 0 Å². The summed E-state index contributed by atoms with van der Waals surface area (Å²) >= 11 is 0. The molecule has 1 rings (SSSR count). The summed E-state index contributed by atoms with van der Waals surface area (Å²) in [5.74, 6) is 0.341. The number of rotatable bonds is 9. The van der Waals surface area contributed by atoms with Crippen LogP contribution >= 0.6 is 0 Å². The summed E-state index contributed by atoms with van der Waals surface area (Å²) in [6.07, 6.45) is 7.05. The predicted octanol–water partition coefficient (Wildman–Crippen LogP) is 3.92. The fourth-order valence-electron chi connectivity index (χ4n) is 1.75. The van der Waals surface area contributed by atoms with Gasteiger partial charge in [-0.05, 0) is 43.4 Å². The van der Waals surface area contributed by atoms with Crippen molar-refractivity contribution in [1.82, 2.24) is 0 Å². The summed E-state index contributed by atoms with van der Waals surface area (Å²) in [4.78, 5) is 0. The van der Waals surface area contributed by atoms with Crippen molar-refractivity contribution < 1.29 is 9.84 Å². The van der Waals surface area contributed by atoms with Gasteiger partial charge in [-0.25, -0.2) is 0 Å². The Morgan fingerprint density at radius 1 is 0.941 bits per heavy atom. The molecule has 17 heavy (non-hydrogen) atoms. The summed E-state index contributed by atoms with van der Waals surface area (Å²) in [6.45, 7) is 3.99. The molecule has 0 bridgehead atoms. The van der Waals surface area contributed by atoms with E-state index in [4.69, 9.17) is 9.84 Å². The summed E-state index contributed by atoms with van der Waals surface area (Å²) in [7, 11) is 0. The first kappa shape index (κ1) is 14.0. The molecule has 96 valence electrons. The van der Waals surface area contributed by atoms with Gasteiger partial charge >= 0.3 is 0 Å². The van der Waals surface area contributed by atoms with Crippen molar-refractivity contribution in [3.05, 3.63) is 29.8 Å². The van der Waals surface area contributed by atoms with Gasteiger partial charge in [-0.2, -0.15) is 0 Å². The maximum atomic E-state index is 9.15. The van der Waals surface area contributed by atoms with Crippen LogP contribution in [-0.4, -0.2) is 18.3 Å². The molecule has 0 saturated heterocycles. The molecule has 0 aliphatic heterocycles. The fourth-order valence-corrected chi connectivity index (χ4v) is 1.75. The maximum Gasteiger partial charge on any atom is 0.115 e. The van der Waals surface area contributed by atoms with Gasteiger partial charge in [-0.3, -0.25) is 0 Å². The number of aryl methyl sites for hydroxylation is 1. The quantitative estimate of drug-likeness (QED) is 0.658. The second kappa shape index (κ2) is 9.06. The summed E-state index contributed by atoms with van der Waals surface area (Å²) in [5, 5.41) is 9.15. The molecule has 0 amide bonds. The highest BCUT2D eigenvalue weighted by atomic mass is 16.5. The predicted molar refractivity (Wildman–Crippen MR) is 71.4 cm³/mol. The number of hydrogen-bond acceptors (Lipinski definition) is 2. The van der Waals surface area contributed by atoms with Gasteiger partial charge in [0.05, 0.1) is 0 Å². The summed E-state index contributed by atoms with van der Waals surface area (Å²) < 4.78 is 5.55. The lowest BCUT2D eigenvalue weighted by Gasteiger charge is -2.04. The van der Waals surface area contributed by atoms with E-state index in [1.807, 2.05) is 12.1 Å². The van der Waals surface area contributed by atoms with Crippen molar-refractivity contribution in [3.8, 4) is 5.75 Å². The molecule has 2 heteroatoms. The Labute approximate surface area is 105 Å². The molecule has 0 atom stereocenters. The third-order valence-electron chi connectivity index (χ3n) is 2.83. The normalized spacial score (nSPS) is 10.6. The van der Waals surface area contributed by atoms with Crippen molar-refractivity contribution in [2.24, 2.45) is 0 Å². The number of hydrogen-bond donors (Lipinski definition) is 1. The Balaban J connectivity index is 1.95. The van der Waals surface area contributed by atoms with Crippen LogP contribution in [0.25, 0.3) is 0 Å². The van der Waals surface area contributed by atoms with Crippen LogP contribution in [-0.2, 0) is 11.2 Å². The molecular weight excluding hydrogens is 212 g/mol. The van der Waals surface area contributed by atoms with Gasteiger partial charge in [-0.1, -0.05) is 31.9 Å². The first-order valence-electron chi connectivity index (χ1n) is 6.68. The van der Waals surface area contributed by atoms with Gasteiger partial charge in [0.25, 0.3) is 0 Å². The number of phenolic OH excluding ortho intramolecular Hbond substituents is 1. The molecule has 0 unspecified atom stereocenters. The summed E-state index contributed by atoms with van der Waals surface area (Å²) in [6, 6.07) is 7.46. The lowest BCUT2D eigenvalue weighted by atomic mass is 10.1. The van der Waals surface area contributed by atoms with Crippen LogP contribution in [0.1, 0.15) is 44.6 Å². The van der Waals surface area contributed by atoms with Crippen LogP contribution in [0.2, 0.25) is 0 Å². The van der Waals surface area contributed by atoms with E-state index in [0.29, 0.717) is 5.75 Å². The lowest BCUT2D eigenvalue weighted by Crippen LogP contribution is -1.97. The highest BCUT2D eigenvalue weighted by molar-refractivity contribution is 5.25. The number of aromatic hydroxyl groups is 1. The topological polar surface area (TPSA) is 29.5 Å². The van der Waals surface area contributed by atoms with Gasteiger partial charge in [0.1, 0.15) is 5.75 Å². The molecule has 0 saturated carbocycles. The Kier molecular flexibility index (Phi) is 7.48. The third-order valence-corrected chi connectivity index (χ3v) is 2.83. The fraction of sp³-hybridized carbons (Fsp3) is 0.600. The van der Waals surface area contributed by atoms with E-state index in [0.717, 1.165) is 32.5 Å². The third kappa shape index (κ3) is 7.01. The number of unbranched alkanes of at least 4 members (excludes halogenated alkanes) is 3. The van der Waals surface area contributed by atoms with E-state index in [1.54, 1.807) is 12.1 Å². The lowest BCUT2D eigenvalue weighted by molar-refractivity contribution is 0.126. The molecule has 1 N–H and O–H groups in total. The molecule has 2 nitrogen and oxygen atoms in total. The van der Waals surface area contributed by atoms with Crippen molar-refractivity contribution >= 4 is 0 Å². The largest absolute Gasteiger partial charge is 0.508 e. The van der Waals surface area contributed by atoms with Crippen LogP contribution in [0.3, 0.4) is 0 Å². The number of benzene rings is 1. The van der Waals surface area contributed by atoms with E-state index in [-0.39, 0.29) is 0 Å². The highest BCUT2D eigenvalue weighted by Gasteiger charge is 1.94. The molecule has 0 aliphatic carbocycles. The minimum absolute atomic E-state index is 0.341. The second-order valence-corrected chi connectivity index (χ2v) is 4.44. The average Bonchev–Trinajstić information content (AvgIpc) is 2.35. The van der Waals surface area contributed by atoms with Crippen LogP contribution in [0.5, 0.6) is 5.75 Å². The smallest absolute Gasteiger partial charge is 0.115 e. The average molecular weight is 236 g/mol. The van der Waals surface area contributed by atoms with Crippen LogP contribution in [0.4, 0.5) is 0 Å². The first-order valence-corrected chi connectivity index (χ1v) is 6.68. The SMILES string of the molecule is CCCCCOCCCCc1ccc(O)cc1. The minimum Gasteiger partial charge on any atom is -0.508 e. The Morgan fingerprint density at radius 3 is 2.24 bits per heavy atom. The van der Waals surface area contributed by atoms with Crippen LogP contribution < -0.4 is 0 Å². The summed E-state index contributed by atoms with van der Waals surface area (Å²) in [5.41, 5.74) is 1.29. The van der Waals surface area contributed by atoms with Crippen LogP contribution in [0.15, 0.2) is 24.3 Å². The monoisotopic (exact) mass is 236 g/mol. The van der Waals surface area contributed by atoms with Gasteiger partial charge in [-0.15, -0.1) is 0 Å². The zero-order valence-corrected chi connectivity index (χ0v) is 10.8. The molecule has 0 heterocycles. The van der Waals surface area contributed by atoms with Gasteiger partial charge < -0.3 is 9.84 Å². The first-order chi connectivity index (χ1) is 8.33. The van der Waals surface area contributed by atoms with Crippen molar-refractivity contribution in [3.63, 3.8) is 0 Å². The van der Waals surface area contributed by atoms with Gasteiger partial charge in [0.2, 0.25) is 0 Å². The molecule has 0 spiro atoms. The van der Waals surface area contributed by atoms with Crippen molar-refractivity contribution in [1.29, 1.82) is 0 Å².